The van der Waals surface area contributed by atoms with E-state index >= 15 is 0 Å². The summed E-state index contributed by atoms with van der Waals surface area (Å²) in [5, 5.41) is 6.63. The van der Waals surface area contributed by atoms with Gasteiger partial charge in [-0.15, -0.1) is 0 Å². The number of rotatable bonds is 4. The van der Waals surface area contributed by atoms with Gasteiger partial charge in [-0.3, -0.25) is 4.79 Å². The average Bonchev–Trinajstić information content (AvgIpc) is 2.84. The van der Waals surface area contributed by atoms with Gasteiger partial charge in [0.05, 0.1) is 17.8 Å². The fourth-order valence-electron chi connectivity index (χ4n) is 2.08. The molecule has 0 spiro atoms. The van der Waals surface area contributed by atoms with E-state index in [9.17, 15) is 4.79 Å². The van der Waals surface area contributed by atoms with Crippen LogP contribution >= 0.6 is 11.6 Å². The molecule has 0 radical (unpaired) electrons. The minimum absolute atomic E-state index is 0.0236. The molecule has 0 aliphatic carbocycles. The number of methoxy groups -OCH3 is 1. The summed E-state index contributed by atoms with van der Waals surface area (Å²) in [7, 11) is 1.58. The normalized spacial score (nSPS) is 18.7. The molecule has 0 saturated carbocycles. The summed E-state index contributed by atoms with van der Waals surface area (Å²) < 4.78 is 5.10. The van der Waals surface area contributed by atoms with Crippen LogP contribution in [0.15, 0.2) is 18.2 Å². The zero-order valence-electron chi connectivity index (χ0n) is 10.3. The van der Waals surface area contributed by atoms with Crippen LogP contribution in [-0.4, -0.2) is 25.6 Å². The molecule has 1 saturated heterocycles. The monoisotopic (exact) mass is 268 g/mol. The first kappa shape index (κ1) is 13.2. The van der Waals surface area contributed by atoms with Crippen LogP contribution in [0.3, 0.4) is 0 Å². The van der Waals surface area contributed by atoms with Crippen LogP contribution in [0.1, 0.15) is 19.3 Å². The standard InChI is InChI=1S/C13H17ClN2O2/c1-18-10-4-5-11(14)12(8-10)16-13(17)7-9-3-2-6-15-9/h4-5,8-9,15H,2-3,6-7H2,1H3,(H,16,17). The quantitative estimate of drug-likeness (QED) is 0.882. The van der Waals surface area contributed by atoms with Gasteiger partial charge in [-0.05, 0) is 31.5 Å². The molecule has 5 heteroatoms. The van der Waals surface area contributed by atoms with Crippen molar-refractivity contribution in [3.8, 4) is 5.75 Å². The van der Waals surface area contributed by atoms with E-state index in [1.165, 1.54) is 0 Å². The van der Waals surface area contributed by atoms with Gasteiger partial charge >= 0.3 is 0 Å². The highest BCUT2D eigenvalue weighted by atomic mass is 35.5. The van der Waals surface area contributed by atoms with Crippen LogP contribution in [0.25, 0.3) is 0 Å². The molecule has 1 aliphatic heterocycles. The number of nitrogens with one attached hydrogen (secondary N) is 2. The molecule has 1 aromatic carbocycles. The minimum Gasteiger partial charge on any atom is -0.497 e. The van der Waals surface area contributed by atoms with Crippen LogP contribution in [0.5, 0.6) is 5.75 Å². The Morgan fingerprint density at radius 2 is 2.44 bits per heavy atom. The molecule has 18 heavy (non-hydrogen) atoms. The fourth-order valence-corrected chi connectivity index (χ4v) is 2.25. The summed E-state index contributed by atoms with van der Waals surface area (Å²) in [4.78, 5) is 11.9. The third-order valence-electron chi connectivity index (χ3n) is 3.04. The highest BCUT2D eigenvalue weighted by Crippen LogP contribution is 2.27. The molecule has 1 aliphatic rings. The second kappa shape index (κ2) is 6.07. The zero-order chi connectivity index (χ0) is 13.0. The first-order valence-corrected chi connectivity index (χ1v) is 6.43. The zero-order valence-corrected chi connectivity index (χ0v) is 11.1. The van der Waals surface area contributed by atoms with Crippen LogP contribution in [-0.2, 0) is 4.79 Å². The SMILES string of the molecule is COc1ccc(Cl)c(NC(=O)CC2CCCN2)c1. The number of hydrogen-bond acceptors (Lipinski definition) is 3. The van der Waals surface area contributed by atoms with Crippen LogP contribution < -0.4 is 15.4 Å². The fraction of sp³-hybridized carbons (Fsp3) is 0.462. The number of anilines is 1. The molecule has 1 unspecified atom stereocenters. The van der Waals surface area contributed by atoms with Crippen molar-refractivity contribution in [2.24, 2.45) is 0 Å². The van der Waals surface area contributed by atoms with Crippen LogP contribution in [0, 0.1) is 0 Å². The van der Waals surface area contributed by atoms with E-state index in [2.05, 4.69) is 10.6 Å². The lowest BCUT2D eigenvalue weighted by molar-refractivity contribution is -0.116. The van der Waals surface area contributed by atoms with Gasteiger partial charge in [0.2, 0.25) is 5.91 Å². The lowest BCUT2D eigenvalue weighted by Crippen LogP contribution is -2.27. The van der Waals surface area contributed by atoms with Gasteiger partial charge in [0.15, 0.2) is 0 Å². The number of benzene rings is 1. The molecule has 1 amide bonds. The number of hydrogen-bond donors (Lipinski definition) is 2. The van der Waals surface area contributed by atoms with Crippen molar-refractivity contribution in [3.63, 3.8) is 0 Å². The number of halogens is 1. The topological polar surface area (TPSA) is 50.4 Å². The van der Waals surface area contributed by atoms with E-state index in [1.807, 2.05) is 0 Å². The second-order valence-corrected chi connectivity index (χ2v) is 4.80. The lowest BCUT2D eigenvalue weighted by atomic mass is 10.1. The first-order chi connectivity index (χ1) is 8.69. The summed E-state index contributed by atoms with van der Waals surface area (Å²) >= 11 is 6.03. The summed E-state index contributed by atoms with van der Waals surface area (Å²) in [6.07, 6.45) is 2.67. The Kier molecular flexibility index (Phi) is 4.44. The van der Waals surface area contributed by atoms with Crippen molar-refractivity contribution in [2.45, 2.75) is 25.3 Å². The number of carbonyl (C=O) groups is 1. The molecule has 2 rings (SSSR count). The molecular formula is C13H17ClN2O2. The second-order valence-electron chi connectivity index (χ2n) is 4.39. The van der Waals surface area contributed by atoms with Crippen molar-refractivity contribution in [1.29, 1.82) is 0 Å². The van der Waals surface area contributed by atoms with Gasteiger partial charge in [-0.1, -0.05) is 11.6 Å². The highest BCUT2D eigenvalue weighted by Gasteiger charge is 2.18. The Morgan fingerprint density at radius 1 is 1.61 bits per heavy atom. The molecule has 98 valence electrons. The molecule has 1 fully saturated rings. The Labute approximate surface area is 112 Å². The lowest BCUT2D eigenvalue weighted by Gasteiger charge is -2.12. The third-order valence-corrected chi connectivity index (χ3v) is 3.37. The van der Waals surface area contributed by atoms with Crippen LogP contribution in [0.4, 0.5) is 5.69 Å². The molecule has 1 atom stereocenters. The average molecular weight is 269 g/mol. The van der Waals surface area contributed by atoms with Gasteiger partial charge in [0.1, 0.15) is 5.75 Å². The molecule has 0 bridgehead atoms. The van der Waals surface area contributed by atoms with E-state index in [0.29, 0.717) is 22.9 Å². The molecule has 2 N–H and O–H groups in total. The van der Waals surface area contributed by atoms with Gasteiger partial charge < -0.3 is 15.4 Å². The number of amides is 1. The smallest absolute Gasteiger partial charge is 0.225 e. The maximum atomic E-state index is 11.9. The maximum absolute atomic E-state index is 11.9. The summed E-state index contributed by atoms with van der Waals surface area (Å²) in [5.74, 6) is 0.651. The van der Waals surface area contributed by atoms with Gasteiger partial charge in [-0.2, -0.15) is 0 Å². The van der Waals surface area contributed by atoms with E-state index in [0.717, 1.165) is 19.4 Å². The molecule has 1 aromatic rings. The summed E-state index contributed by atoms with van der Waals surface area (Å²) in [5.41, 5.74) is 0.596. The third kappa shape index (κ3) is 3.37. The maximum Gasteiger partial charge on any atom is 0.225 e. The number of carbonyl (C=O) groups excluding carboxylic acids is 1. The van der Waals surface area contributed by atoms with Crippen molar-refractivity contribution in [3.05, 3.63) is 23.2 Å². The van der Waals surface area contributed by atoms with Crippen molar-refractivity contribution in [2.75, 3.05) is 19.0 Å². The molecular weight excluding hydrogens is 252 g/mol. The Bertz CT molecular complexity index is 431. The molecule has 1 heterocycles. The summed E-state index contributed by atoms with van der Waals surface area (Å²) in [6, 6.07) is 5.48. The highest BCUT2D eigenvalue weighted by molar-refractivity contribution is 6.33. The van der Waals surface area contributed by atoms with E-state index in [4.69, 9.17) is 16.3 Å². The van der Waals surface area contributed by atoms with E-state index in [-0.39, 0.29) is 11.9 Å². The summed E-state index contributed by atoms with van der Waals surface area (Å²) in [6.45, 7) is 0.998. The van der Waals surface area contributed by atoms with Gasteiger partial charge in [0.25, 0.3) is 0 Å². The van der Waals surface area contributed by atoms with Crippen molar-refractivity contribution in [1.82, 2.24) is 5.32 Å². The number of ether oxygens (including phenoxy) is 1. The predicted molar refractivity (Wildman–Crippen MR) is 72.3 cm³/mol. The van der Waals surface area contributed by atoms with Gasteiger partial charge in [-0.25, -0.2) is 0 Å². The molecule has 0 aromatic heterocycles. The Hall–Kier alpha value is -1.26. The predicted octanol–water partition coefficient (Wildman–Crippen LogP) is 2.43. The Balaban J connectivity index is 1.97. The first-order valence-electron chi connectivity index (χ1n) is 6.06. The van der Waals surface area contributed by atoms with E-state index in [1.54, 1.807) is 25.3 Å². The largest absolute Gasteiger partial charge is 0.497 e. The van der Waals surface area contributed by atoms with Crippen molar-refractivity contribution < 1.29 is 9.53 Å². The molecule has 4 nitrogen and oxygen atoms in total. The van der Waals surface area contributed by atoms with Crippen molar-refractivity contribution >= 4 is 23.2 Å². The van der Waals surface area contributed by atoms with E-state index < -0.39 is 0 Å². The Morgan fingerprint density at radius 3 is 3.11 bits per heavy atom. The van der Waals surface area contributed by atoms with Gasteiger partial charge in [0, 0.05) is 18.5 Å². The minimum atomic E-state index is -0.0236. The van der Waals surface area contributed by atoms with Crippen LogP contribution in [0.2, 0.25) is 5.02 Å².